The molecule has 0 aromatic rings. The molecule has 18 heavy (non-hydrogen) atoms. The molecular weight excluding hydrogens is 247 g/mol. The fourth-order valence-corrected chi connectivity index (χ4v) is 2.32. The van der Waals surface area contributed by atoms with Gasteiger partial charge in [-0.2, -0.15) is 13.2 Å². The molecule has 1 aliphatic heterocycles. The molecule has 1 fully saturated rings. The maximum absolute atomic E-state index is 12.6. The van der Waals surface area contributed by atoms with Gasteiger partial charge in [-0.1, -0.05) is 20.3 Å². The lowest BCUT2D eigenvalue weighted by molar-refractivity contribution is -0.253. The molecule has 1 rings (SSSR count). The van der Waals surface area contributed by atoms with Crippen molar-refractivity contribution in [3.8, 4) is 0 Å². The number of halogens is 3. The Morgan fingerprint density at radius 1 is 1.44 bits per heavy atom. The monoisotopic (exact) mass is 267 g/mol. The fourth-order valence-electron chi connectivity index (χ4n) is 2.32. The van der Waals surface area contributed by atoms with Gasteiger partial charge in [-0.3, -0.25) is 4.79 Å². The molecule has 1 amide bonds. The van der Waals surface area contributed by atoms with Crippen molar-refractivity contribution in [2.45, 2.75) is 51.3 Å². The molecule has 0 aromatic carbocycles. The van der Waals surface area contributed by atoms with Crippen LogP contribution in [0.25, 0.3) is 0 Å². The van der Waals surface area contributed by atoms with Crippen molar-refractivity contribution < 1.29 is 23.1 Å². The summed E-state index contributed by atoms with van der Waals surface area (Å²) in [6.45, 7) is 3.14. The summed E-state index contributed by atoms with van der Waals surface area (Å²) >= 11 is 0. The predicted molar refractivity (Wildman–Crippen MR) is 60.9 cm³/mol. The Balaban J connectivity index is 2.69. The molecule has 1 aliphatic rings. The molecule has 106 valence electrons. The SMILES string of the molecule is CCCC(CC)C(=O)N1CCC(O)(C(F)(F)F)C1. The van der Waals surface area contributed by atoms with Crippen molar-refractivity contribution in [3.63, 3.8) is 0 Å². The van der Waals surface area contributed by atoms with E-state index in [1.165, 1.54) is 0 Å². The summed E-state index contributed by atoms with van der Waals surface area (Å²) in [5, 5.41) is 9.51. The lowest BCUT2D eigenvalue weighted by Crippen LogP contribution is -2.48. The number of likely N-dealkylation sites (tertiary alicyclic amines) is 1. The van der Waals surface area contributed by atoms with Crippen molar-refractivity contribution >= 4 is 5.91 Å². The highest BCUT2D eigenvalue weighted by Gasteiger charge is 2.57. The van der Waals surface area contributed by atoms with Gasteiger partial charge in [-0.05, 0) is 12.8 Å². The number of aliphatic hydroxyl groups is 1. The number of carbonyl (C=O) groups excluding carboxylic acids is 1. The average Bonchev–Trinajstić information content (AvgIpc) is 2.68. The summed E-state index contributed by atoms with van der Waals surface area (Å²) < 4.78 is 37.9. The number of carbonyl (C=O) groups is 1. The van der Waals surface area contributed by atoms with Crippen LogP contribution in [0.15, 0.2) is 0 Å². The van der Waals surface area contributed by atoms with Crippen molar-refractivity contribution in [2.75, 3.05) is 13.1 Å². The van der Waals surface area contributed by atoms with Gasteiger partial charge in [0.2, 0.25) is 5.91 Å². The first-order chi connectivity index (χ1) is 8.25. The maximum Gasteiger partial charge on any atom is 0.419 e. The zero-order valence-electron chi connectivity index (χ0n) is 10.8. The minimum atomic E-state index is -4.67. The van der Waals surface area contributed by atoms with E-state index in [1.54, 1.807) is 0 Å². The van der Waals surface area contributed by atoms with Gasteiger partial charge in [0.1, 0.15) is 0 Å². The van der Waals surface area contributed by atoms with Gasteiger partial charge in [-0.15, -0.1) is 0 Å². The highest BCUT2D eigenvalue weighted by molar-refractivity contribution is 5.79. The first-order valence-corrected chi connectivity index (χ1v) is 6.33. The fraction of sp³-hybridized carbons (Fsp3) is 0.917. The molecule has 6 heteroatoms. The van der Waals surface area contributed by atoms with E-state index in [-0.39, 0.29) is 18.4 Å². The van der Waals surface area contributed by atoms with Gasteiger partial charge in [0.05, 0.1) is 6.54 Å². The summed E-state index contributed by atoms with van der Waals surface area (Å²) in [5.41, 5.74) is -2.73. The summed E-state index contributed by atoms with van der Waals surface area (Å²) in [5.74, 6) is -0.495. The number of β-amino-alcohol motifs (C(OH)–C–C–N with tert-alkyl or cyclic N) is 1. The van der Waals surface area contributed by atoms with Gasteiger partial charge in [-0.25, -0.2) is 0 Å². The van der Waals surface area contributed by atoms with Gasteiger partial charge in [0.15, 0.2) is 5.60 Å². The van der Waals surface area contributed by atoms with Gasteiger partial charge < -0.3 is 10.0 Å². The van der Waals surface area contributed by atoms with Gasteiger partial charge in [0.25, 0.3) is 0 Å². The van der Waals surface area contributed by atoms with E-state index in [4.69, 9.17) is 0 Å². The van der Waals surface area contributed by atoms with E-state index in [0.717, 1.165) is 11.3 Å². The van der Waals surface area contributed by atoms with Crippen LogP contribution >= 0.6 is 0 Å². The molecule has 2 atom stereocenters. The quantitative estimate of drug-likeness (QED) is 0.849. The largest absolute Gasteiger partial charge is 0.419 e. The Labute approximate surface area is 105 Å². The number of hydrogen-bond acceptors (Lipinski definition) is 2. The van der Waals surface area contributed by atoms with Crippen LogP contribution in [0.2, 0.25) is 0 Å². The second kappa shape index (κ2) is 5.47. The van der Waals surface area contributed by atoms with Crippen molar-refractivity contribution in [3.05, 3.63) is 0 Å². The lowest BCUT2D eigenvalue weighted by Gasteiger charge is -2.27. The first kappa shape index (κ1) is 15.3. The molecule has 0 bridgehead atoms. The Hall–Kier alpha value is -0.780. The van der Waals surface area contributed by atoms with Crippen LogP contribution in [0.5, 0.6) is 0 Å². The minimum absolute atomic E-state index is 0.0188. The summed E-state index contributed by atoms with van der Waals surface area (Å²) in [6, 6.07) is 0. The number of hydrogen-bond donors (Lipinski definition) is 1. The zero-order chi connectivity index (χ0) is 14.0. The first-order valence-electron chi connectivity index (χ1n) is 6.33. The summed E-state index contributed by atoms with van der Waals surface area (Å²) in [7, 11) is 0. The van der Waals surface area contributed by atoms with Crippen LogP contribution in [0, 0.1) is 5.92 Å². The third-order valence-electron chi connectivity index (χ3n) is 3.57. The standard InChI is InChI=1S/C12H20F3NO2/c1-3-5-9(4-2)10(17)16-7-6-11(18,8-16)12(13,14)15/h9,18H,3-8H2,1-2H3. The molecule has 3 nitrogen and oxygen atoms in total. The third kappa shape index (κ3) is 2.96. The van der Waals surface area contributed by atoms with E-state index in [2.05, 4.69) is 0 Å². The van der Waals surface area contributed by atoms with Crippen LogP contribution in [0.1, 0.15) is 39.5 Å². The molecular formula is C12H20F3NO2. The van der Waals surface area contributed by atoms with Crippen molar-refractivity contribution in [2.24, 2.45) is 5.92 Å². The Kier molecular flexibility index (Phi) is 4.64. The van der Waals surface area contributed by atoms with Crippen LogP contribution in [-0.2, 0) is 4.79 Å². The summed E-state index contributed by atoms with van der Waals surface area (Å²) in [4.78, 5) is 13.2. The molecule has 0 aliphatic carbocycles. The normalized spacial score (nSPS) is 26.4. The van der Waals surface area contributed by atoms with E-state index < -0.39 is 24.7 Å². The van der Waals surface area contributed by atoms with Crippen LogP contribution < -0.4 is 0 Å². The minimum Gasteiger partial charge on any atom is -0.379 e. The topological polar surface area (TPSA) is 40.5 Å². The smallest absolute Gasteiger partial charge is 0.379 e. The van der Waals surface area contributed by atoms with E-state index in [0.29, 0.717) is 12.8 Å². The Morgan fingerprint density at radius 3 is 2.44 bits per heavy atom. The third-order valence-corrected chi connectivity index (χ3v) is 3.57. The molecule has 0 saturated carbocycles. The number of amides is 1. The van der Waals surface area contributed by atoms with Gasteiger partial charge in [0, 0.05) is 18.9 Å². The van der Waals surface area contributed by atoms with E-state index >= 15 is 0 Å². The molecule has 1 saturated heterocycles. The second-order valence-electron chi connectivity index (χ2n) is 4.93. The molecule has 1 heterocycles. The molecule has 0 radical (unpaired) electrons. The van der Waals surface area contributed by atoms with Crippen LogP contribution in [0.3, 0.4) is 0 Å². The molecule has 0 aromatic heterocycles. The summed E-state index contributed by atoms with van der Waals surface area (Å²) in [6.07, 6.45) is -2.98. The molecule has 1 N–H and O–H groups in total. The molecule has 2 unspecified atom stereocenters. The Bertz CT molecular complexity index is 306. The number of nitrogens with zero attached hydrogens (tertiary/aromatic N) is 1. The predicted octanol–water partition coefficient (Wildman–Crippen LogP) is 2.34. The van der Waals surface area contributed by atoms with Crippen molar-refractivity contribution in [1.82, 2.24) is 4.90 Å². The second-order valence-corrected chi connectivity index (χ2v) is 4.93. The molecule has 0 spiro atoms. The van der Waals surface area contributed by atoms with Crippen molar-refractivity contribution in [1.29, 1.82) is 0 Å². The zero-order valence-corrected chi connectivity index (χ0v) is 10.8. The average molecular weight is 267 g/mol. The van der Waals surface area contributed by atoms with E-state index in [9.17, 15) is 23.1 Å². The van der Waals surface area contributed by atoms with Crippen LogP contribution in [-0.4, -0.2) is 40.8 Å². The lowest BCUT2D eigenvalue weighted by atomic mass is 9.99. The van der Waals surface area contributed by atoms with E-state index in [1.807, 2.05) is 13.8 Å². The highest BCUT2D eigenvalue weighted by Crippen LogP contribution is 2.38. The number of rotatable bonds is 4. The maximum atomic E-state index is 12.6. The van der Waals surface area contributed by atoms with Gasteiger partial charge >= 0.3 is 6.18 Å². The Morgan fingerprint density at radius 2 is 2.06 bits per heavy atom. The number of alkyl halides is 3. The highest BCUT2D eigenvalue weighted by atomic mass is 19.4. The van der Waals surface area contributed by atoms with Crippen LogP contribution in [0.4, 0.5) is 13.2 Å².